The van der Waals surface area contributed by atoms with Gasteiger partial charge in [-0.3, -0.25) is 9.59 Å². The van der Waals surface area contributed by atoms with E-state index in [1.807, 2.05) is 30.3 Å². The molecule has 0 aromatic heterocycles. The van der Waals surface area contributed by atoms with Gasteiger partial charge < -0.3 is 10.6 Å². The third-order valence-electron chi connectivity index (χ3n) is 4.81. The predicted octanol–water partition coefficient (Wildman–Crippen LogP) is 2.92. The zero-order chi connectivity index (χ0) is 23.0. The van der Waals surface area contributed by atoms with E-state index >= 15 is 0 Å². The minimum atomic E-state index is -3.80. The maximum Gasteiger partial charge on any atom is 0.253 e. The molecular formula is C24H25N3O4S. The number of sulfonamides is 1. The molecule has 7 nitrogen and oxygen atoms in total. The van der Waals surface area contributed by atoms with Crippen LogP contribution in [0.2, 0.25) is 0 Å². The van der Waals surface area contributed by atoms with Crippen LogP contribution in [-0.4, -0.2) is 44.7 Å². The molecule has 0 aliphatic carbocycles. The van der Waals surface area contributed by atoms with Crippen LogP contribution in [0.25, 0.3) is 0 Å². The number of benzene rings is 3. The fourth-order valence-corrected chi connectivity index (χ4v) is 4.25. The second-order valence-corrected chi connectivity index (χ2v) is 9.20. The first-order valence-corrected chi connectivity index (χ1v) is 11.5. The summed E-state index contributed by atoms with van der Waals surface area (Å²) in [5.41, 5.74) is 1.74. The summed E-state index contributed by atoms with van der Waals surface area (Å²) in [7, 11) is -2.46. The molecule has 0 bridgehead atoms. The molecule has 0 aliphatic heterocycles. The van der Waals surface area contributed by atoms with Crippen molar-refractivity contribution >= 4 is 27.5 Å². The summed E-state index contributed by atoms with van der Waals surface area (Å²) in [6.45, 7) is 0.0599. The number of hydrogen-bond acceptors (Lipinski definition) is 4. The number of amides is 2. The number of hydrogen-bond donors (Lipinski definition) is 2. The van der Waals surface area contributed by atoms with Crippen LogP contribution in [0, 0.1) is 0 Å². The van der Waals surface area contributed by atoms with Crippen molar-refractivity contribution in [2.45, 2.75) is 11.3 Å². The molecule has 3 aromatic rings. The van der Waals surface area contributed by atoms with Gasteiger partial charge in [0.2, 0.25) is 15.9 Å². The van der Waals surface area contributed by atoms with Gasteiger partial charge in [0.25, 0.3) is 5.91 Å². The minimum Gasteiger partial charge on any atom is -0.352 e. The zero-order valence-corrected chi connectivity index (χ0v) is 18.5. The molecule has 0 saturated carbocycles. The lowest BCUT2D eigenvalue weighted by molar-refractivity contribution is -0.116. The number of nitrogens with one attached hydrogen (secondary N) is 2. The van der Waals surface area contributed by atoms with E-state index in [-0.39, 0.29) is 17.3 Å². The van der Waals surface area contributed by atoms with Crippen LogP contribution >= 0.6 is 0 Å². The molecule has 0 unspecified atom stereocenters. The number of rotatable bonds is 9. The van der Waals surface area contributed by atoms with Gasteiger partial charge in [0.1, 0.15) is 0 Å². The van der Waals surface area contributed by atoms with Crippen LogP contribution in [0.5, 0.6) is 0 Å². The van der Waals surface area contributed by atoms with Crippen molar-refractivity contribution in [2.75, 3.05) is 25.5 Å². The van der Waals surface area contributed by atoms with Crippen molar-refractivity contribution in [3.8, 4) is 0 Å². The van der Waals surface area contributed by atoms with E-state index in [4.69, 9.17) is 0 Å². The minimum absolute atomic E-state index is 0.105. The third-order valence-corrected chi connectivity index (χ3v) is 6.62. The van der Waals surface area contributed by atoms with Crippen LogP contribution in [0.15, 0.2) is 89.8 Å². The van der Waals surface area contributed by atoms with Gasteiger partial charge in [-0.05, 0) is 36.2 Å². The Hall–Kier alpha value is -3.49. The highest BCUT2D eigenvalue weighted by molar-refractivity contribution is 7.89. The van der Waals surface area contributed by atoms with Crippen molar-refractivity contribution in [2.24, 2.45) is 0 Å². The summed E-state index contributed by atoms with van der Waals surface area (Å²) >= 11 is 0. The Balaban J connectivity index is 1.61. The Kier molecular flexibility index (Phi) is 7.75. The van der Waals surface area contributed by atoms with Crippen LogP contribution in [0.4, 0.5) is 5.69 Å². The molecule has 32 heavy (non-hydrogen) atoms. The fraction of sp³-hybridized carbons (Fsp3) is 0.167. The zero-order valence-electron chi connectivity index (χ0n) is 17.7. The maximum absolute atomic E-state index is 12.6. The maximum atomic E-state index is 12.6. The second kappa shape index (κ2) is 10.7. The first kappa shape index (κ1) is 23.2. The van der Waals surface area contributed by atoms with Crippen molar-refractivity contribution in [3.63, 3.8) is 0 Å². The van der Waals surface area contributed by atoms with E-state index in [2.05, 4.69) is 10.6 Å². The summed E-state index contributed by atoms with van der Waals surface area (Å²) in [5.74, 6) is -0.862. The van der Waals surface area contributed by atoms with Gasteiger partial charge in [0, 0.05) is 13.6 Å². The third kappa shape index (κ3) is 6.03. The molecule has 3 aromatic carbocycles. The Morgan fingerprint density at radius 3 is 2.12 bits per heavy atom. The van der Waals surface area contributed by atoms with Gasteiger partial charge in [-0.15, -0.1) is 0 Å². The molecule has 0 spiro atoms. The highest BCUT2D eigenvalue weighted by Gasteiger charge is 2.23. The number of nitrogens with zero attached hydrogens (tertiary/aromatic N) is 1. The lowest BCUT2D eigenvalue weighted by Gasteiger charge is -2.17. The van der Waals surface area contributed by atoms with E-state index < -0.39 is 15.9 Å². The van der Waals surface area contributed by atoms with E-state index in [0.717, 1.165) is 9.87 Å². The normalized spacial score (nSPS) is 11.2. The van der Waals surface area contributed by atoms with Crippen LogP contribution in [-0.2, 0) is 21.2 Å². The number of carbonyl (C=O) groups is 2. The molecule has 0 atom stereocenters. The SMILES string of the molecule is CN(CC(=O)Nc1ccccc1C(=O)NCCc1ccccc1)S(=O)(=O)c1ccccc1. The molecule has 0 radical (unpaired) electrons. The molecule has 8 heteroatoms. The van der Waals surface area contributed by atoms with E-state index in [1.165, 1.54) is 19.2 Å². The van der Waals surface area contributed by atoms with E-state index in [1.54, 1.807) is 42.5 Å². The molecular weight excluding hydrogens is 426 g/mol. The standard InChI is InChI=1S/C24H25N3O4S/c1-27(32(30,31)20-12-6-3-7-13-20)18-23(28)26-22-15-9-8-14-21(22)24(29)25-17-16-19-10-4-2-5-11-19/h2-15H,16-18H2,1H3,(H,25,29)(H,26,28). The topological polar surface area (TPSA) is 95.6 Å². The lowest BCUT2D eigenvalue weighted by atomic mass is 10.1. The van der Waals surface area contributed by atoms with Gasteiger partial charge in [0.05, 0.1) is 22.7 Å². The molecule has 0 heterocycles. The summed E-state index contributed by atoms with van der Waals surface area (Å²) in [6.07, 6.45) is 0.684. The highest BCUT2D eigenvalue weighted by atomic mass is 32.2. The predicted molar refractivity (Wildman–Crippen MR) is 124 cm³/mol. The van der Waals surface area contributed by atoms with Crippen molar-refractivity contribution in [3.05, 3.63) is 96.1 Å². The quantitative estimate of drug-likeness (QED) is 0.523. The first-order chi connectivity index (χ1) is 15.4. The summed E-state index contributed by atoms with van der Waals surface area (Å²) in [4.78, 5) is 25.3. The molecule has 166 valence electrons. The van der Waals surface area contributed by atoms with E-state index in [0.29, 0.717) is 24.2 Å². The molecule has 2 N–H and O–H groups in total. The van der Waals surface area contributed by atoms with Gasteiger partial charge in [-0.1, -0.05) is 60.7 Å². The Morgan fingerprint density at radius 2 is 1.44 bits per heavy atom. The average molecular weight is 452 g/mol. The first-order valence-electron chi connectivity index (χ1n) is 10.1. The molecule has 0 fully saturated rings. The van der Waals surface area contributed by atoms with Gasteiger partial charge in [0.15, 0.2) is 0 Å². The summed E-state index contributed by atoms with van der Waals surface area (Å²) < 4.78 is 26.2. The average Bonchev–Trinajstić information content (AvgIpc) is 2.80. The van der Waals surface area contributed by atoms with Crippen LogP contribution in [0.3, 0.4) is 0 Å². The van der Waals surface area contributed by atoms with Crippen molar-refractivity contribution in [1.29, 1.82) is 0 Å². The second-order valence-electron chi connectivity index (χ2n) is 7.16. The number of anilines is 1. The lowest BCUT2D eigenvalue weighted by Crippen LogP contribution is -2.35. The summed E-state index contributed by atoms with van der Waals surface area (Å²) in [5, 5.41) is 5.50. The molecule has 0 saturated heterocycles. The van der Waals surface area contributed by atoms with Gasteiger partial charge in [-0.25, -0.2) is 8.42 Å². The van der Waals surface area contributed by atoms with E-state index in [9.17, 15) is 18.0 Å². The van der Waals surface area contributed by atoms with Gasteiger partial charge >= 0.3 is 0 Å². The number of para-hydroxylation sites is 1. The van der Waals surface area contributed by atoms with Crippen molar-refractivity contribution < 1.29 is 18.0 Å². The Morgan fingerprint density at radius 1 is 0.844 bits per heavy atom. The Labute approximate surface area is 188 Å². The van der Waals surface area contributed by atoms with Crippen molar-refractivity contribution in [1.82, 2.24) is 9.62 Å². The molecule has 2 amide bonds. The molecule has 3 rings (SSSR count). The van der Waals surface area contributed by atoms with Crippen LogP contribution < -0.4 is 10.6 Å². The number of likely N-dealkylation sites (N-methyl/N-ethyl adjacent to an activating group) is 1. The van der Waals surface area contributed by atoms with Crippen LogP contribution in [0.1, 0.15) is 15.9 Å². The van der Waals surface area contributed by atoms with Gasteiger partial charge in [-0.2, -0.15) is 4.31 Å². The smallest absolute Gasteiger partial charge is 0.253 e. The number of carbonyl (C=O) groups excluding carboxylic acids is 2. The largest absolute Gasteiger partial charge is 0.352 e. The summed E-state index contributed by atoms with van der Waals surface area (Å²) in [6, 6.07) is 24.3. The monoisotopic (exact) mass is 451 g/mol. The Bertz CT molecular complexity index is 1170. The fourth-order valence-electron chi connectivity index (χ4n) is 3.10. The molecule has 0 aliphatic rings. The highest BCUT2D eigenvalue weighted by Crippen LogP contribution is 2.17.